The number of hydrogen-bond acceptors (Lipinski definition) is 4. The first-order valence-electron chi connectivity index (χ1n) is 5.39. The molecule has 1 aliphatic heterocycles. The highest BCUT2D eigenvalue weighted by Crippen LogP contribution is 2.42. The van der Waals surface area contributed by atoms with Crippen LogP contribution in [0.25, 0.3) is 0 Å². The van der Waals surface area contributed by atoms with Crippen LogP contribution in [0.1, 0.15) is 13.3 Å². The van der Waals surface area contributed by atoms with Crippen molar-refractivity contribution in [1.29, 1.82) is 0 Å². The number of esters is 2. The van der Waals surface area contributed by atoms with Gasteiger partial charge in [0.1, 0.15) is 6.10 Å². The average Bonchev–Trinajstić information content (AvgIpc) is 2.20. The Morgan fingerprint density at radius 2 is 2.50 bits per heavy atom. The Morgan fingerprint density at radius 3 is 3.06 bits per heavy atom. The molecule has 0 radical (unpaired) electrons. The molecule has 2 aliphatic rings. The lowest BCUT2D eigenvalue weighted by atomic mass is 9.70. The van der Waals surface area contributed by atoms with Crippen molar-refractivity contribution in [3.8, 4) is 0 Å². The lowest BCUT2D eigenvalue weighted by Gasteiger charge is -2.39. The maximum Gasteiger partial charge on any atom is 0.334 e. The fraction of sp³-hybridized carbons (Fsp3) is 0.500. The van der Waals surface area contributed by atoms with E-state index in [-0.39, 0.29) is 18.0 Å². The van der Waals surface area contributed by atoms with Crippen molar-refractivity contribution in [3.63, 3.8) is 0 Å². The molecule has 86 valence electrons. The number of carbonyl (C=O) groups excluding carboxylic acids is 2. The molecule has 1 aliphatic carbocycles. The van der Waals surface area contributed by atoms with Gasteiger partial charge in [-0.05, 0) is 19.3 Å². The van der Waals surface area contributed by atoms with Crippen LogP contribution < -0.4 is 0 Å². The van der Waals surface area contributed by atoms with Gasteiger partial charge in [0.05, 0.1) is 12.5 Å². The SMILES string of the molecule is C=C[C@@H]1C[C@@H]2C=C(C(=O)OCC)[C@@H]2C(=O)O1. The summed E-state index contributed by atoms with van der Waals surface area (Å²) in [6.07, 6.45) is 3.90. The average molecular weight is 222 g/mol. The van der Waals surface area contributed by atoms with E-state index in [2.05, 4.69) is 6.58 Å². The van der Waals surface area contributed by atoms with Gasteiger partial charge in [0.25, 0.3) is 0 Å². The largest absolute Gasteiger partial charge is 0.463 e. The summed E-state index contributed by atoms with van der Waals surface area (Å²) in [5, 5.41) is 0. The third kappa shape index (κ3) is 1.64. The Morgan fingerprint density at radius 1 is 1.75 bits per heavy atom. The highest BCUT2D eigenvalue weighted by atomic mass is 16.5. The summed E-state index contributed by atoms with van der Waals surface area (Å²) in [7, 11) is 0. The summed E-state index contributed by atoms with van der Waals surface area (Å²) in [6.45, 7) is 5.65. The maximum atomic E-state index is 11.6. The molecule has 1 fully saturated rings. The lowest BCUT2D eigenvalue weighted by Crippen LogP contribution is -2.44. The number of carbonyl (C=O) groups is 2. The minimum Gasteiger partial charge on any atom is -0.463 e. The van der Waals surface area contributed by atoms with Crippen LogP contribution in [0.2, 0.25) is 0 Å². The quantitative estimate of drug-likeness (QED) is 0.532. The van der Waals surface area contributed by atoms with Crippen LogP contribution in [-0.4, -0.2) is 24.6 Å². The van der Waals surface area contributed by atoms with E-state index in [1.54, 1.807) is 19.1 Å². The number of cyclic esters (lactones) is 1. The normalized spacial score (nSPS) is 31.7. The van der Waals surface area contributed by atoms with Crippen LogP contribution >= 0.6 is 0 Å². The van der Waals surface area contributed by atoms with Crippen molar-refractivity contribution in [2.24, 2.45) is 11.8 Å². The molecule has 2 rings (SSSR count). The van der Waals surface area contributed by atoms with Crippen molar-refractivity contribution in [2.45, 2.75) is 19.4 Å². The van der Waals surface area contributed by atoms with Crippen molar-refractivity contribution in [1.82, 2.24) is 0 Å². The van der Waals surface area contributed by atoms with Gasteiger partial charge in [-0.15, -0.1) is 0 Å². The Labute approximate surface area is 93.9 Å². The van der Waals surface area contributed by atoms with Crippen molar-refractivity contribution >= 4 is 11.9 Å². The molecule has 16 heavy (non-hydrogen) atoms. The molecule has 3 atom stereocenters. The molecular formula is C12H14O4. The van der Waals surface area contributed by atoms with E-state index in [1.165, 1.54) is 0 Å². The molecule has 4 nitrogen and oxygen atoms in total. The smallest absolute Gasteiger partial charge is 0.334 e. The van der Waals surface area contributed by atoms with Gasteiger partial charge in [0.15, 0.2) is 0 Å². The van der Waals surface area contributed by atoms with E-state index in [0.29, 0.717) is 18.6 Å². The highest BCUT2D eigenvalue weighted by Gasteiger charge is 2.47. The van der Waals surface area contributed by atoms with Gasteiger partial charge < -0.3 is 9.47 Å². The summed E-state index contributed by atoms with van der Waals surface area (Å²) in [5.74, 6) is -1.07. The van der Waals surface area contributed by atoms with E-state index in [4.69, 9.17) is 9.47 Å². The third-order valence-electron chi connectivity index (χ3n) is 2.96. The fourth-order valence-electron chi connectivity index (χ4n) is 2.14. The first-order chi connectivity index (χ1) is 7.67. The number of hydrogen-bond donors (Lipinski definition) is 0. The van der Waals surface area contributed by atoms with Crippen molar-refractivity contribution in [2.75, 3.05) is 6.61 Å². The van der Waals surface area contributed by atoms with E-state index in [9.17, 15) is 9.59 Å². The van der Waals surface area contributed by atoms with Crippen LogP contribution in [0.5, 0.6) is 0 Å². The predicted octanol–water partition coefficient (Wildman–Crippen LogP) is 1.22. The molecule has 4 heteroatoms. The minimum atomic E-state index is -0.421. The summed E-state index contributed by atoms with van der Waals surface area (Å²) >= 11 is 0. The van der Waals surface area contributed by atoms with Crippen LogP contribution in [0, 0.1) is 11.8 Å². The zero-order chi connectivity index (χ0) is 11.7. The first-order valence-corrected chi connectivity index (χ1v) is 5.39. The van der Waals surface area contributed by atoms with Crippen molar-refractivity contribution in [3.05, 3.63) is 24.3 Å². The highest BCUT2D eigenvalue weighted by molar-refractivity contribution is 5.98. The zero-order valence-electron chi connectivity index (χ0n) is 9.14. The number of rotatable bonds is 3. The molecular weight excluding hydrogens is 208 g/mol. The van der Waals surface area contributed by atoms with Gasteiger partial charge in [-0.25, -0.2) is 4.79 Å². The van der Waals surface area contributed by atoms with E-state index >= 15 is 0 Å². The van der Waals surface area contributed by atoms with Crippen molar-refractivity contribution < 1.29 is 19.1 Å². The van der Waals surface area contributed by atoms with Gasteiger partial charge >= 0.3 is 11.9 Å². The maximum absolute atomic E-state index is 11.6. The summed E-state index contributed by atoms with van der Waals surface area (Å²) in [4.78, 5) is 23.1. The number of ether oxygens (including phenoxy) is 2. The fourth-order valence-corrected chi connectivity index (χ4v) is 2.14. The molecule has 0 N–H and O–H groups in total. The lowest BCUT2D eigenvalue weighted by molar-refractivity contribution is -0.162. The molecule has 0 aromatic heterocycles. The Hall–Kier alpha value is -1.58. The predicted molar refractivity (Wildman–Crippen MR) is 56.4 cm³/mol. The van der Waals surface area contributed by atoms with Gasteiger partial charge in [-0.2, -0.15) is 0 Å². The van der Waals surface area contributed by atoms with Crippen LogP contribution in [0.4, 0.5) is 0 Å². The van der Waals surface area contributed by atoms with Crippen LogP contribution in [0.15, 0.2) is 24.3 Å². The Kier molecular flexibility index (Phi) is 2.81. The monoisotopic (exact) mass is 222 g/mol. The van der Waals surface area contributed by atoms with Gasteiger partial charge in [-0.1, -0.05) is 18.7 Å². The molecule has 0 saturated carbocycles. The molecule has 0 spiro atoms. The first kappa shape index (κ1) is 10.9. The van der Waals surface area contributed by atoms with Gasteiger partial charge in [0.2, 0.25) is 0 Å². The summed E-state index contributed by atoms with van der Waals surface area (Å²) in [6, 6.07) is 0. The molecule has 0 bridgehead atoms. The molecule has 0 amide bonds. The second-order valence-electron chi connectivity index (χ2n) is 3.93. The van der Waals surface area contributed by atoms with Crippen LogP contribution in [0.3, 0.4) is 0 Å². The Balaban J connectivity index is 2.09. The van der Waals surface area contributed by atoms with E-state index in [0.717, 1.165) is 0 Å². The summed E-state index contributed by atoms with van der Waals surface area (Å²) in [5.41, 5.74) is 0.444. The molecule has 1 heterocycles. The van der Waals surface area contributed by atoms with Gasteiger partial charge in [0, 0.05) is 5.57 Å². The third-order valence-corrected chi connectivity index (χ3v) is 2.96. The molecule has 0 aromatic carbocycles. The minimum absolute atomic E-state index is 0.101. The van der Waals surface area contributed by atoms with E-state index in [1.807, 2.05) is 0 Å². The number of fused-ring (bicyclic) bond motifs is 1. The topological polar surface area (TPSA) is 52.6 Å². The second-order valence-corrected chi connectivity index (χ2v) is 3.93. The molecule has 0 aromatic rings. The van der Waals surface area contributed by atoms with Crippen LogP contribution in [-0.2, 0) is 19.1 Å². The molecule has 1 saturated heterocycles. The van der Waals surface area contributed by atoms with Gasteiger partial charge in [-0.3, -0.25) is 4.79 Å². The second kappa shape index (κ2) is 4.12. The summed E-state index contributed by atoms with van der Waals surface area (Å²) < 4.78 is 9.98. The standard InChI is InChI=1S/C12H14O4/c1-3-8-5-7-6-9(11(13)15-4-2)10(7)12(14)16-8/h3,6-8,10H,1,4-5H2,2H3/t7-,8-,10-/m1/s1. The molecule has 0 unspecified atom stereocenters. The van der Waals surface area contributed by atoms with E-state index < -0.39 is 11.9 Å². The zero-order valence-corrected chi connectivity index (χ0v) is 9.14. The number of allylic oxidation sites excluding steroid dienone is 1. The Bertz CT molecular complexity index is 369.